The highest BCUT2D eigenvalue weighted by Gasteiger charge is 2.36. The van der Waals surface area contributed by atoms with Gasteiger partial charge in [0.15, 0.2) is 0 Å². The first-order valence-corrected chi connectivity index (χ1v) is 8.64. The van der Waals surface area contributed by atoms with Crippen molar-refractivity contribution >= 4 is 27.6 Å². The lowest BCUT2D eigenvalue weighted by Gasteiger charge is -2.21. The fourth-order valence-corrected chi connectivity index (χ4v) is 3.56. The minimum atomic E-state index is -3.40. The summed E-state index contributed by atoms with van der Waals surface area (Å²) in [7, 11) is -2.11. The summed E-state index contributed by atoms with van der Waals surface area (Å²) in [5.74, 6) is -0.828. The Morgan fingerprint density at radius 2 is 1.91 bits per heavy atom. The molecule has 1 aromatic rings. The van der Waals surface area contributed by atoms with Crippen molar-refractivity contribution in [3.05, 3.63) is 29.8 Å². The average molecular weight is 326 g/mol. The molecule has 0 aliphatic carbocycles. The van der Waals surface area contributed by atoms with Crippen molar-refractivity contribution in [3.63, 3.8) is 0 Å². The molecule has 1 aliphatic heterocycles. The second kappa shape index (κ2) is 6.45. The van der Waals surface area contributed by atoms with Crippen LogP contribution in [-0.4, -0.2) is 50.6 Å². The van der Waals surface area contributed by atoms with Gasteiger partial charge in [-0.05, 0) is 37.1 Å². The van der Waals surface area contributed by atoms with Gasteiger partial charge in [0.1, 0.15) is 6.04 Å². The number of amides is 1. The molecule has 22 heavy (non-hydrogen) atoms. The number of nitrogens with one attached hydrogen (secondary N) is 1. The molecule has 1 atom stereocenters. The van der Waals surface area contributed by atoms with Gasteiger partial charge in [0.2, 0.25) is 15.9 Å². The van der Waals surface area contributed by atoms with Crippen LogP contribution in [0.3, 0.4) is 0 Å². The summed E-state index contributed by atoms with van der Waals surface area (Å²) in [5, 5.41) is 2.67. The molecule has 0 aromatic heterocycles. The molecule has 1 saturated heterocycles. The summed E-state index contributed by atoms with van der Waals surface area (Å²) < 4.78 is 29.1. The van der Waals surface area contributed by atoms with E-state index in [1.165, 1.54) is 23.5 Å². The first kappa shape index (κ1) is 16.4. The Balaban J connectivity index is 2.07. The Kier molecular flexibility index (Phi) is 4.82. The Morgan fingerprint density at radius 3 is 2.45 bits per heavy atom. The molecule has 1 N–H and O–H groups in total. The first-order chi connectivity index (χ1) is 10.3. The van der Waals surface area contributed by atoms with Gasteiger partial charge in [0, 0.05) is 12.2 Å². The number of anilines is 1. The summed E-state index contributed by atoms with van der Waals surface area (Å²) in [6.45, 7) is 0.359. The number of rotatable bonds is 4. The number of sulfonamides is 1. The van der Waals surface area contributed by atoms with Gasteiger partial charge in [-0.1, -0.05) is 0 Å². The SMILES string of the molecule is COC(=O)c1ccc(NC(=O)[C@H]2CCCN2S(C)(=O)=O)cc1. The number of hydrogen-bond donors (Lipinski definition) is 1. The van der Waals surface area contributed by atoms with Gasteiger partial charge in [-0.15, -0.1) is 0 Å². The van der Waals surface area contributed by atoms with Crippen LogP contribution in [-0.2, 0) is 19.6 Å². The summed E-state index contributed by atoms with van der Waals surface area (Å²) in [6, 6.07) is 5.53. The van der Waals surface area contributed by atoms with Crippen LogP contribution in [0.15, 0.2) is 24.3 Å². The normalized spacial score (nSPS) is 18.9. The number of carbonyl (C=O) groups is 2. The highest BCUT2D eigenvalue weighted by atomic mass is 32.2. The maximum atomic E-state index is 12.2. The third-order valence-corrected chi connectivity index (χ3v) is 4.79. The van der Waals surface area contributed by atoms with Gasteiger partial charge in [0.05, 0.1) is 18.9 Å². The van der Waals surface area contributed by atoms with Crippen molar-refractivity contribution in [1.29, 1.82) is 0 Å². The van der Waals surface area contributed by atoms with Gasteiger partial charge >= 0.3 is 5.97 Å². The zero-order valence-corrected chi connectivity index (χ0v) is 13.2. The minimum absolute atomic E-state index is 0.359. The van der Waals surface area contributed by atoms with Crippen molar-refractivity contribution in [2.24, 2.45) is 0 Å². The van der Waals surface area contributed by atoms with Crippen LogP contribution < -0.4 is 5.32 Å². The molecule has 1 heterocycles. The second-order valence-electron chi connectivity index (χ2n) is 5.09. The highest BCUT2D eigenvalue weighted by molar-refractivity contribution is 7.88. The first-order valence-electron chi connectivity index (χ1n) is 6.79. The number of hydrogen-bond acceptors (Lipinski definition) is 5. The van der Waals surface area contributed by atoms with E-state index in [0.29, 0.717) is 30.6 Å². The van der Waals surface area contributed by atoms with E-state index in [9.17, 15) is 18.0 Å². The summed E-state index contributed by atoms with van der Waals surface area (Å²) in [4.78, 5) is 23.6. The van der Waals surface area contributed by atoms with Crippen molar-refractivity contribution in [2.45, 2.75) is 18.9 Å². The summed E-state index contributed by atoms with van der Waals surface area (Å²) >= 11 is 0. The fraction of sp³-hybridized carbons (Fsp3) is 0.429. The summed E-state index contributed by atoms with van der Waals surface area (Å²) in [6.07, 6.45) is 2.26. The van der Waals surface area contributed by atoms with E-state index in [1.54, 1.807) is 12.1 Å². The van der Waals surface area contributed by atoms with Gasteiger partial charge < -0.3 is 10.1 Å². The molecular weight excluding hydrogens is 308 g/mol. The number of nitrogens with zero attached hydrogens (tertiary/aromatic N) is 1. The van der Waals surface area contributed by atoms with Crippen molar-refractivity contribution < 1.29 is 22.7 Å². The lowest BCUT2D eigenvalue weighted by atomic mass is 10.2. The van der Waals surface area contributed by atoms with E-state index < -0.39 is 22.0 Å². The molecule has 1 amide bonds. The van der Waals surface area contributed by atoms with Crippen molar-refractivity contribution in [1.82, 2.24) is 4.31 Å². The largest absolute Gasteiger partial charge is 0.465 e. The molecule has 1 fully saturated rings. The van der Waals surface area contributed by atoms with Gasteiger partial charge in [0.25, 0.3) is 0 Å². The molecule has 1 aliphatic rings. The Bertz CT molecular complexity index is 669. The van der Waals surface area contributed by atoms with Gasteiger partial charge in [-0.3, -0.25) is 4.79 Å². The lowest BCUT2D eigenvalue weighted by Crippen LogP contribution is -2.42. The fourth-order valence-electron chi connectivity index (χ4n) is 2.43. The standard InChI is InChI=1S/C14H18N2O5S/c1-21-14(18)10-5-7-11(8-6-10)15-13(17)12-4-3-9-16(12)22(2,19)20/h5-8,12H,3-4,9H2,1-2H3,(H,15,17)/t12-/m1/s1. The van der Waals surface area contributed by atoms with Gasteiger partial charge in [-0.25, -0.2) is 13.2 Å². The van der Waals surface area contributed by atoms with E-state index in [1.807, 2.05) is 0 Å². The number of benzene rings is 1. The number of esters is 1. The molecule has 120 valence electrons. The van der Waals surface area contributed by atoms with Crippen LogP contribution in [0.25, 0.3) is 0 Å². The molecule has 1 aromatic carbocycles. The zero-order chi connectivity index (χ0) is 16.3. The predicted octanol–water partition coefficient (Wildman–Crippen LogP) is 0.836. The van der Waals surface area contributed by atoms with Gasteiger partial charge in [-0.2, -0.15) is 4.31 Å². The maximum Gasteiger partial charge on any atom is 0.337 e. The Hall–Kier alpha value is -1.93. The number of ether oxygens (including phenoxy) is 1. The molecule has 0 saturated carbocycles. The monoisotopic (exact) mass is 326 g/mol. The highest BCUT2D eigenvalue weighted by Crippen LogP contribution is 2.22. The topological polar surface area (TPSA) is 92.8 Å². The molecule has 2 rings (SSSR count). The van der Waals surface area contributed by atoms with E-state index in [2.05, 4.69) is 10.1 Å². The molecule has 0 bridgehead atoms. The van der Waals surface area contributed by atoms with Crippen LogP contribution in [0.4, 0.5) is 5.69 Å². The Labute approximate surface area is 129 Å². The maximum absolute atomic E-state index is 12.2. The van der Waals surface area contributed by atoms with Crippen molar-refractivity contribution in [2.75, 3.05) is 25.2 Å². The Morgan fingerprint density at radius 1 is 1.27 bits per heavy atom. The predicted molar refractivity (Wildman–Crippen MR) is 81.0 cm³/mol. The summed E-state index contributed by atoms with van der Waals surface area (Å²) in [5.41, 5.74) is 0.872. The number of methoxy groups -OCH3 is 1. The molecule has 0 radical (unpaired) electrons. The molecular formula is C14H18N2O5S. The van der Waals surface area contributed by atoms with Crippen molar-refractivity contribution in [3.8, 4) is 0 Å². The van der Waals surface area contributed by atoms with E-state index in [-0.39, 0.29) is 5.91 Å². The van der Waals surface area contributed by atoms with Crippen LogP contribution in [0, 0.1) is 0 Å². The zero-order valence-electron chi connectivity index (χ0n) is 12.4. The molecule has 0 unspecified atom stereocenters. The lowest BCUT2D eigenvalue weighted by molar-refractivity contribution is -0.119. The average Bonchev–Trinajstić information content (AvgIpc) is 2.97. The smallest absolute Gasteiger partial charge is 0.337 e. The van der Waals surface area contributed by atoms with Crippen LogP contribution >= 0.6 is 0 Å². The van der Waals surface area contributed by atoms with Crippen LogP contribution in [0.2, 0.25) is 0 Å². The minimum Gasteiger partial charge on any atom is -0.465 e. The number of carbonyl (C=O) groups excluding carboxylic acids is 2. The quantitative estimate of drug-likeness (QED) is 0.828. The van der Waals surface area contributed by atoms with E-state index in [4.69, 9.17) is 0 Å². The molecule has 8 heteroatoms. The van der Waals surface area contributed by atoms with E-state index >= 15 is 0 Å². The second-order valence-corrected chi connectivity index (χ2v) is 7.02. The third kappa shape index (κ3) is 3.63. The van der Waals surface area contributed by atoms with Crippen LogP contribution in [0.5, 0.6) is 0 Å². The van der Waals surface area contributed by atoms with Crippen LogP contribution in [0.1, 0.15) is 23.2 Å². The molecule has 7 nitrogen and oxygen atoms in total. The third-order valence-electron chi connectivity index (χ3n) is 3.51. The molecule has 0 spiro atoms. The van der Waals surface area contributed by atoms with E-state index in [0.717, 1.165) is 6.26 Å².